The van der Waals surface area contributed by atoms with Crippen LogP contribution in [0.1, 0.15) is 15.9 Å². The molecule has 0 aromatic heterocycles. The highest BCUT2D eigenvalue weighted by molar-refractivity contribution is 6.31. The van der Waals surface area contributed by atoms with Crippen LogP contribution in [0.15, 0.2) is 42.5 Å². The minimum absolute atomic E-state index is 0.0250. The molecule has 0 atom stereocenters. The molecule has 0 radical (unpaired) electrons. The molecule has 0 amide bonds. The summed E-state index contributed by atoms with van der Waals surface area (Å²) in [7, 11) is 0. The van der Waals surface area contributed by atoms with Gasteiger partial charge >= 0.3 is 0 Å². The molecule has 0 bridgehead atoms. The molecule has 0 saturated carbocycles. The van der Waals surface area contributed by atoms with Gasteiger partial charge in [0.15, 0.2) is 12.4 Å². The first-order valence-electron chi connectivity index (χ1n) is 5.74. The average Bonchev–Trinajstić information content (AvgIpc) is 2.40. The van der Waals surface area contributed by atoms with E-state index in [2.05, 4.69) is 0 Å². The molecule has 0 aliphatic heterocycles. The molecular formula is C15H12Cl2O2. The van der Waals surface area contributed by atoms with Gasteiger partial charge in [0, 0.05) is 15.6 Å². The Morgan fingerprint density at radius 1 is 1.05 bits per heavy atom. The molecule has 0 fully saturated rings. The fourth-order valence-electron chi connectivity index (χ4n) is 1.59. The number of hydrogen-bond acceptors (Lipinski definition) is 2. The minimum Gasteiger partial charge on any atom is -0.485 e. The number of aryl methyl sites for hydroxylation is 1. The Morgan fingerprint density at radius 2 is 1.68 bits per heavy atom. The van der Waals surface area contributed by atoms with Crippen LogP contribution < -0.4 is 4.74 Å². The number of hydrogen-bond donors (Lipinski definition) is 0. The van der Waals surface area contributed by atoms with Crippen LogP contribution >= 0.6 is 23.2 Å². The fraction of sp³-hybridized carbons (Fsp3) is 0.133. The van der Waals surface area contributed by atoms with Crippen LogP contribution in [0.25, 0.3) is 0 Å². The van der Waals surface area contributed by atoms with E-state index in [-0.39, 0.29) is 12.4 Å². The molecule has 19 heavy (non-hydrogen) atoms. The summed E-state index contributed by atoms with van der Waals surface area (Å²) in [6.07, 6.45) is 0. The van der Waals surface area contributed by atoms with E-state index in [1.54, 1.807) is 36.4 Å². The molecule has 2 aromatic rings. The zero-order valence-electron chi connectivity index (χ0n) is 10.3. The predicted molar refractivity (Wildman–Crippen MR) is 77.5 cm³/mol. The molecule has 0 aliphatic carbocycles. The quantitative estimate of drug-likeness (QED) is 0.773. The van der Waals surface area contributed by atoms with Gasteiger partial charge in [0.25, 0.3) is 0 Å². The molecule has 4 heteroatoms. The summed E-state index contributed by atoms with van der Waals surface area (Å²) in [6, 6.07) is 12.1. The van der Waals surface area contributed by atoms with Crippen molar-refractivity contribution < 1.29 is 9.53 Å². The van der Waals surface area contributed by atoms with Gasteiger partial charge in [-0.2, -0.15) is 0 Å². The first kappa shape index (κ1) is 13.9. The highest BCUT2D eigenvalue weighted by Crippen LogP contribution is 2.22. The largest absolute Gasteiger partial charge is 0.485 e. The highest BCUT2D eigenvalue weighted by Gasteiger charge is 2.08. The molecule has 0 unspecified atom stereocenters. The second-order valence-corrected chi connectivity index (χ2v) is 5.00. The SMILES string of the molecule is Cc1ccc(Cl)cc1OCC(=O)c1ccc(Cl)cc1. The van der Waals surface area contributed by atoms with Gasteiger partial charge in [-0.3, -0.25) is 4.79 Å². The van der Waals surface area contributed by atoms with Crippen molar-refractivity contribution in [3.63, 3.8) is 0 Å². The van der Waals surface area contributed by atoms with Crippen LogP contribution in [-0.2, 0) is 0 Å². The van der Waals surface area contributed by atoms with E-state index >= 15 is 0 Å². The number of halogens is 2. The zero-order valence-corrected chi connectivity index (χ0v) is 11.8. The summed E-state index contributed by atoms with van der Waals surface area (Å²) in [5.74, 6) is 0.519. The average molecular weight is 295 g/mol. The number of carbonyl (C=O) groups is 1. The Morgan fingerprint density at radius 3 is 2.37 bits per heavy atom. The van der Waals surface area contributed by atoms with Crippen LogP contribution in [0.5, 0.6) is 5.75 Å². The molecular weight excluding hydrogens is 283 g/mol. The monoisotopic (exact) mass is 294 g/mol. The third kappa shape index (κ3) is 3.72. The van der Waals surface area contributed by atoms with E-state index in [0.717, 1.165) is 5.56 Å². The number of rotatable bonds is 4. The Labute approximate surface area is 121 Å². The van der Waals surface area contributed by atoms with Crippen LogP contribution in [-0.4, -0.2) is 12.4 Å². The summed E-state index contributed by atoms with van der Waals surface area (Å²) in [5.41, 5.74) is 1.51. The third-order valence-electron chi connectivity index (χ3n) is 2.68. The summed E-state index contributed by atoms with van der Waals surface area (Å²) < 4.78 is 5.50. The lowest BCUT2D eigenvalue weighted by Gasteiger charge is -2.08. The van der Waals surface area contributed by atoms with Gasteiger partial charge in [-0.15, -0.1) is 0 Å². The summed E-state index contributed by atoms with van der Waals surface area (Å²) in [5, 5.41) is 1.18. The van der Waals surface area contributed by atoms with Gasteiger partial charge in [-0.05, 0) is 48.9 Å². The number of Topliss-reactive ketones (excluding diaryl/α,β-unsaturated/α-hetero) is 1. The fourth-order valence-corrected chi connectivity index (χ4v) is 1.88. The lowest BCUT2D eigenvalue weighted by molar-refractivity contribution is 0.0921. The van der Waals surface area contributed by atoms with Crippen molar-refractivity contribution in [1.29, 1.82) is 0 Å². The normalized spacial score (nSPS) is 10.3. The molecule has 0 aliphatic rings. The van der Waals surface area contributed by atoms with Crippen LogP contribution in [0.2, 0.25) is 10.0 Å². The summed E-state index contributed by atoms with van der Waals surface area (Å²) in [4.78, 5) is 11.9. The van der Waals surface area contributed by atoms with Crippen molar-refractivity contribution in [1.82, 2.24) is 0 Å². The van der Waals surface area contributed by atoms with Gasteiger partial charge in [0.05, 0.1) is 0 Å². The van der Waals surface area contributed by atoms with E-state index in [9.17, 15) is 4.79 Å². The van der Waals surface area contributed by atoms with Gasteiger partial charge in [0.2, 0.25) is 0 Å². The van der Waals surface area contributed by atoms with E-state index in [4.69, 9.17) is 27.9 Å². The standard InChI is InChI=1S/C15H12Cl2O2/c1-10-2-5-13(17)8-15(10)19-9-14(18)11-3-6-12(16)7-4-11/h2-8H,9H2,1H3. The summed E-state index contributed by atoms with van der Waals surface area (Å²) in [6.45, 7) is 1.88. The Kier molecular flexibility index (Phi) is 4.46. The van der Waals surface area contributed by atoms with Crippen LogP contribution in [0, 0.1) is 6.92 Å². The lowest BCUT2D eigenvalue weighted by Crippen LogP contribution is -2.11. The Hall–Kier alpha value is -1.51. The maximum Gasteiger partial charge on any atom is 0.200 e. The molecule has 2 nitrogen and oxygen atoms in total. The molecule has 2 aromatic carbocycles. The van der Waals surface area contributed by atoms with Crippen LogP contribution in [0.3, 0.4) is 0 Å². The Balaban J connectivity index is 2.04. The molecule has 2 rings (SSSR count). The number of benzene rings is 2. The predicted octanol–water partition coefficient (Wildman–Crippen LogP) is 4.56. The number of carbonyl (C=O) groups excluding carboxylic acids is 1. The van der Waals surface area contributed by atoms with Gasteiger partial charge in [0.1, 0.15) is 5.75 Å². The topological polar surface area (TPSA) is 26.3 Å². The zero-order chi connectivity index (χ0) is 13.8. The Bertz CT molecular complexity index is 592. The van der Waals surface area contributed by atoms with E-state index in [1.165, 1.54) is 0 Å². The first-order chi connectivity index (χ1) is 9.06. The van der Waals surface area contributed by atoms with E-state index in [1.807, 2.05) is 13.0 Å². The number of ketones is 1. The second-order valence-electron chi connectivity index (χ2n) is 4.13. The van der Waals surface area contributed by atoms with Crippen molar-refractivity contribution in [2.45, 2.75) is 6.92 Å². The van der Waals surface area contributed by atoms with Gasteiger partial charge in [-0.1, -0.05) is 29.3 Å². The second kappa shape index (κ2) is 6.09. The minimum atomic E-state index is -0.101. The van der Waals surface area contributed by atoms with Gasteiger partial charge in [-0.25, -0.2) is 0 Å². The molecule has 98 valence electrons. The van der Waals surface area contributed by atoms with Crippen molar-refractivity contribution >= 4 is 29.0 Å². The van der Waals surface area contributed by atoms with Crippen molar-refractivity contribution in [2.24, 2.45) is 0 Å². The van der Waals surface area contributed by atoms with Crippen molar-refractivity contribution in [3.8, 4) is 5.75 Å². The molecule has 0 saturated heterocycles. The lowest BCUT2D eigenvalue weighted by atomic mass is 10.1. The van der Waals surface area contributed by atoms with Crippen LogP contribution in [0.4, 0.5) is 0 Å². The maximum absolute atomic E-state index is 11.9. The molecule has 0 heterocycles. The van der Waals surface area contributed by atoms with E-state index < -0.39 is 0 Å². The molecule has 0 spiro atoms. The maximum atomic E-state index is 11.9. The summed E-state index contributed by atoms with van der Waals surface area (Å²) >= 11 is 11.7. The van der Waals surface area contributed by atoms with Gasteiger partial charge < -0.3 is 4.74 Å². The van der Waals surface area contributed by atoms with Crippen molar-refractivity contribution in [2.75, 3.05) is 6.61 Å². The first-order valence-corrected chi connectivity index (χ1v) is 6.49. The van der Waals surface area contributed by atoms with Crippen molar-refractivity contribution in [3.05, 3.63) is 63.6 Å². The number of ether oxygens (including phenoxy) is 1. The highest BCUT2D eigenvalue weighted by atomic mass is 35.5. The molecule has 0 N–H and O–H groups in total. The van der Waals surface area contributed by atoms with E-state index in [0.29, 0.717) is 21.4 Å². The third-order valence-corrected chi connectivity index (χ3v) is 3.16. The smallest absolute Gasteiger partial charge is 0.200 e.